The van der Waals surface area contributed by atoms with Crippen LogP contribution >= 0.6 is 0 Å². The maximum Gasteiger partial charge on any atom is 0.407 e. The van der Waals surface area contributed by atoms with Crippen LogP contribution in [0.4, 0.5) is 4.79 Å². The number of hydrogen-bond donors (Lipinski definition) is 2. The van der Waals surface area contributed by atoms with Gasteiger partial charge in [-0.3, -0.25) is 4.90 Å². The van der Waals surface area contributed by atoms with E-state index in [1.54, 1.807) is 0 Å². The van der Waals surface area contributed by atoms with Gasteiger partial charge in [-0.15, -0.1) is 0 Å². The Morgan fingerprint density at radius 2 is 2.50 bits per heavy atom. The molecular formula is C9H17N3O2. The maximum absolute atomic E-state index is 10.8. The fraction of sp³-hybridized carbons (Fsp3) is 0.889. The van der Waals surface area contributed by atoms with Crippen molar-refractivity contribution in [1.82, 2.24) is 10.2 Å². The second-order valence-electron chi connectivity index (χ2n) is 4.07. The van der Waals surface area contributed by atoms with Gasteiger partial charge in [0.25, 0.3) is 0 Å². The number of carbonyl (C=O) groups excluding carboxylic acids is 1. The van der Waals surface area contributed by atoms with Crippen molar-refractivity contribution in [3.63, 3.8) is 0 Å². The third-order valence-corrected chi connectivity index (χ3v) is 2.75. The molecule has 1 amide bonds. The number of carbonyl (C=O) groups is 1. The third-order valence-electron chi connectivity index (χ3n) is 2.75. The normalized spacial score (nSPS) is 33.9. The molecule has 2 heterocycles. The molecule has 2 saturated heterocycles. The van der Waals surface area contributed by atoms with Crippen molar-refractivity contribution in [2.24, 2.45) is 5.73 Å². The molecule has 2 fully saturated rings. The largest absolute Gasteiger partial charge is 0.443 e. The standard InChI is InChI=1S/C9H17N3O2/c10-7-2-1-3-12(5-7)6-8-4-11-9(13)14-8/h7-8H,1-6,10H2,(H,11,13). The Bertz CT molecular complexity index is 222. The number of likely N-dealkylation sites (tertiary alicyclic amines) is 1. The highest BCUT2D eigenvalue weighted by atomic mass is 16.6. The summed E-state index contributed by atoms with van der Waals surface area (Å²) in [7, 11) is 0. The minimum Gasteiger partial charge on any atom is -0.443 e. The molecule has 0 aliphatic carbocycles. The molecule has 80 valence electrons. The van der Waals surface area contributed by atoms with Gasteiger partial charge >= 0.3 is 6.09 Å². The second kappa shape index (κ2) is 4.14. The summed E-state index contributed by atoms with van der Waals surface area (Å²) in [5.41, 5.74) is 5.86. The van der Waals surface area contributed by atoms with Gasteiger partial charge in [0.05, 0.1) is 6.54 Å². The molecule has 0 radical (unpaired) electrons. The van der Waals surface area contributed by atoms with Crippen LogP contribution in [0.5, 0.6) is 0 Å². The number of nitrogens with two attached hydrogens (primary N) is 1. The van der Waals surface area contributed by atoms with E-state index < -0.39 is 0 Å². The number of alkyl carbamates (subject to hydrolysis) is 1. The minimum atomic E-state index is -0.295. The van der Waals surface area contributed by atoms with E-state index in [4.69, 9.17) is 10.5 Å². The van der Waals surface area contributed by atoms with Crippen LogP contribution in [0.3, 0.4) is 0 Å². The average Bonchev–Trinajstić information content (AvgIpc) is 2.51. The quantitative estimate of drug-likeness (QED) is 0.630. The number of nitrogens with one attached hydrogen (secondary N) is 1. The topological polar surface area (TPSA) is 67.6 Å². The van der Waals surface area contributed by atoms with Crippen molar-refractivity contribution < 1.29 is 9.53 Å². The summed E-state index contributed by atoms with van der Waals surface area (Å²) in [6.07, 6.45) is 1.97. The van der Waals surface area contributed by atoms with E-state index in [1.807, 2.05) is 0 Å². The second-order valence-corrected chi connectivity index (χ2v) is 4.07. The van der Waals surface area contributed by atoms with E-state index in [1.165, 1.54) is 0 Å². The van der Waals surface area contributed by atoms with Crippen LogP contribution < -0.4 is 11.1 Å². The Hall–Kier alpha value is -0.810. The lowest BCUT2D eigenvalue weighted by Crippen LogP contribution is -2.46. The van der Waals surface area contributed by atoms with Crippen LogP contribution in [0.1, 0.15) is 12.8 Å². The highest BCUT2D eigenvalue weighted by molar-refractivity contribution is 5.69. The van der Waals surface area contributed by atoms with Crippen LogP contribution in [-0.4, -0.2) is 49.3 Å². The van der Waals surface area contributed by atoms with Crippen LogP contribution in [0, 0.1) is 0 Å². The summed E-state index contributed by atoms with van der Waals surface area (Å²) in [6, 6.07) is 0.286. The molecule has 2 aliphatic heterocycles. The summed E-state index contributed by atoms with van der Waals surface area (Å²) in [5, 5.41) is 2.65. The number of ether oxygens (including phenoxy) is 1. The first-order chi connectivity index (χ1) is 6.74. The molecule has 14 heavy (non-hydrogen) atoms. The van der Waals surface area contributed by atoms with E-state index in [9.17, 15) is 4.79 Å². The molecule has 0 saturated carbocycles. The van der Waals surface area contributed by atoms with Crippen molar-refractivity contribution in [2.75, 3.05) is 26.2 Å². The van der Waals surface area contributed by atoms with Crippen LogP contribution in [-0.2, 0) is 4.74 Å². The van der Waals surface area contributed by atoms with Gasteiger partial charge in [-0.1, -0.05) is 0 Å². The maximum atomic E-state index is 10.8. The van der Waals surface area contributed by atoms with Gasteiger partial charge in [-0.2, -0.15) is 0 Å². The lowest BCUT2D eigenvalue weighted by atomic mass is 10.1. The van der Waals surface area contributed by atoms with E-state index >= 15 is 0 Å². The molecule has 5 nitrogen and oxygen atoms in total. The van der Waals surface area contributed by atoms with Crippen molar-refractivity contribution in [1.29, 1.82) is 0 Å². The van der Waals surface area contributed by atoms with Gasteiger partial charge in [-0.25, -0.2) is 4.79 Å². The molecule has 0 bridgehead atoms. The number of cyclic esters (lactones) is 1. The Labute approximate surface area is 83.6 Å². The van der Waals surface area contributed by atoms with Gasteiger partial charge in [-0.05, 0) is 19.4 Å². The summed E-state index contributed by atoms with van der Waals surface area (Å²) >= 11 is 0. The number of amides is 1. The molecule has 5 heteroatoms. The molecule has 0 aromatic carbocycles. The molecule has 0 aromatic rings. The zero-order valence-corrected chi connectivity index (χ0v) is 8.24. The first kappa shape index (κ1) is 9.73. The average molecular weight is 199 g/mol. The van der Waals surface area contributed by atoms with Gasteiger partial charge < -0.3 is 15.8 Å². The molecule has 0 aromatic heterocycles. The molecule has 3 N–H and O–H groups in total. The highest BCUT2D eigenvalue weighted by Gasteiger charge is 2.26. The van der Waals surface area contributed by atoms with Crippen LogP contribution in [0.25, 0.3) is 0 Å². The number of hydrogen-bond acceptors (Lipinski definition) is 4. The molecule has 2 atom stereocenters. The lowest BCUT2D eigenvalue weighted by Gasteiger charge is -2.31. The molecule has 2 unspecified atom stereocenters. The third kappa shape index (κ3) is 2.36. The van der Waals surface area contributed by atoms with Crippen LogP contribution in [0.15, 0.2) is 0 Å². The summed E-state index contributed by atoms with van der Waals surface area (Å²) in [5.74, 6) is 0. The summed E-state index contributed by atoms with van der Waals surface area (Å²) in [6.45, 7) is 3.44. The lowest BCUT2D eigenvalue weighted by molar-refractivity contribution is 0.0967. The van der Waals surface area contributed by atoms with Crippen molar-refractivity contribution in [2.45, 2.75) is 25.0 Å². The zero-order valence-electron chi connectivity index (χ0n) is 8.24. The predicted octanol–water partition coefficient (Wildman–Crippen LogP) is -0.482. The Morgan fingerprint density at radius 1 is 1.64 bits per heavy atom. The Kier molecular flexibility index (Phi) is 2.88. The summed E-state index contributed by atoms with van der Waals surface area (Å²) in [4.78, 5) is 13.1. The molecule has 2 aliphatic rings. The summed E-state index contributed by atoms with van der Waals surface area (Å²) < 4.78 is 5.07. The van der Waals surface area contributed by atoms with Gasteiger partial charge in [0.2, 0.25) is 0 Å². The van der Waals surface area contributed by atoms with E-state index in [0.29, 0.717) is 6.54 Å². The highest BCUT2D eigenvalue weighted by Crippen LogP contribution is 2.10. The number of piperidine rings is 1. The zero-order chi connectivity index (χ0) is 9.97. The van der Waals surface area contributed by atoms with Crippen LogP contribution in [0.2, 0.25) is 0 Å². The fourth-order valence-corrected chi connectivity index (χ4v) is 2.08. The van der Waals surface area contributed by atoms with Crippen molar-refractivity contribution in [3.8, 4) is 0 Å². The van der Waals surface area contributed by atoms with Gasteiger partial charge in [0, 0.05) is 19.1 Å². The molecule has 0 spiro atoms. The monoisotopic (exact) mass is 199 g/mol. The predicted molar refractivity (Wildman–Crippen MR) is 51.9 cm³/mol. The SMILES string of the molecule is NC1CCCN(CC2CNC(=O)O2)C1. The van der Waals surface area contributed by atoms with E-state index in [2.05, 4.69) is 10.2 Å². The number of nitrogens with zero attached hydrogens (tertiary/aromatic N) is 1. The van der Waals surface area contributed by atoms with Gasteiger partial charge in [0.1, 0.15) is 6.10 Å². The van der Waals surface area contributed by atoms with Gasteiger partial charge in [0.15, 0.2) is 0 Å². The fourth-order valence-electron chi connectivity index (χ4n) is 2.08. The first-order valence-electron chi connectivity index (χ1n) is 5.16. The smallest absolute Gasteiger partial charge is 0.407 e. The minimum absolute atomic E-state index is 0.00722. The number of rotatable bonds is 2. The van der Waals surface area contributed by atoms with Crippen molar-refractivity contribution >= 4 is 6.09 Å². The Morgan fingerprint density at radius 3 is 3.14 bits per heavy atom. The first-order valence-corrected chi connectivity index (χ1v) is 5.16. The van der Waals surface area contributed by atoms with E-state index in [0.717, 1.165) is 32.5 Å². The molecule has 2 rings (SSSR count). The van der Waals surface area contributed by atoms with E-state index in [-0.39, 0.29) is 18.2 Å². The Balaban J connectivity index is 1.76. The van der Waals surface area contributed by atoms with Crippen molar-refractivity contribution in [3.05, 3.63) is 0 Å². The molecular weight excluding hydrogens is 182 g/mol.